The zero-order chi connectivity index (χ0) is 16.9. The second kappa shape index (κ2) is 5.53. The van der Waals surface area contributed by atoms with Crippen LogP contribution in [0.3, 0.4) is 0 Å². The minimum absolute atomic E-state index is 0.180. The van der Waals surface area contributed by atoms with E-state index in [1.807, 2.05) is 13.0 Å². The van der Waals surface area contributed by atoms with E-state index < -0.39 is 10.0 Å². The van der Waals surface area contributed by atoms with Crippen molar-refractivity contribution < 1.29 is 8.42 Å². The summed E-state index contributed by atoms with van der Waals surface area (Å²) in [6, 6.07) is 4.12. The highest BCUT2D eigenvalue weighted by Gasteiger charge is 2.28. The zero-order valence-electron chi connectivity index (χ0n) is 13.8. The van der Waals surface area contributed by atoms with Crippen molar-refractivity contribution in [2.24, 2.45) is 0 Å². The number of nitrogens with one attached hydrogen (secondary N) is 1. The number of aryl methyl sites for hydroxylation is 1. The maximum absolute atomic E-state index is 11.9. The molecule has 1 aliphatic heterocycles. The minimum atomic E-state index is -3.16. The predicted octanol–water partition coefficient (Wildman–Crippen LogP) is 2.56. The molecule has 126 valence electrons. The molecule has 1 atom stereocenters. The van der Waals surface area contributed by atoms with Crippen LogP contribution in [0.4, 0.5) is 0 Å². The number of sulfonamides is 1. The van der Waals surface area contributed by atoms with Crippen LogP contribution in [0.5, 0.6) is 0 Å². The molecule has 0 radical (unpaired) electrons. The Morgan fingerprint density at radius 1 is 1.33 bits per heavy atom. The number of aromatic nitrogens is 3. The Hall–Kier alpha value is -1.99. The molecule has 0 saturated carbocycles. The van der Waals surface area contributed by atoms with Crippen LogP contribution in [0.15, 0.2) is 24.5 Å². The lowest BCUT2D eigenvalue weighted by molar-refractivity contribution is 0.318. The molecule has 0 amide bonds. The average molecular weight is 344 g/mol. The van der Waals surface area contributed by atoms with E-state index in [9.17, 15) is 8.42 Å². The first kappa shape index (κ1) is 15.5. The predicted molar refractivity (Wildman–Crippen MR) is 94.5 cm³/mol. The van der Waals surface area contributed by atoms with Crippen LogP contribution in [0.1, 0.15) is 30.0 Å². The third-order valence-electron chi connectivity index (χ3n) is 4.82. The van der Waals surface area contributed by atoms with Crippen LogP contribution in [0, 0.1) is 6.92 Å². The van der Waals surface area contributed by atoms with Crippen molar-refractivity contribution in [2.45, 2.75) is 25.7 Å². The fraction of sp³-hybridized carbons (Fsp3) is 0.412. The first-order chi connectivity index (χ1) is 11.4. The van der Waals surface area contributed by atoms with Gasteiger partial charge in [0.05, 0.1) is 18.0 Å². The molecule has 0 aliphatic carbocycles. The Bertz CT molecular complexity index is 1030. The van der Waals surface area contributed by atoms with Gasteiger partial charge in [-0.1, -0.05) is 0 Å². The lowest BCUT2D eigenvalue weighted by Gasteiger charge is -2.31. The Balaban J connectivity index is 1.88. The number of fused-ring (bicyclic) bond motifs is 3. The molecule has 4 heterocycles. The largest absolute Gasteiger partial charge is 0.344 e. The van der Waals surface area contributed by atoms with Gasteiger partial charge in [-0.2, -0.15) is 0 Å². The Morgan fingerprint density at radius 2 is 2.17 bits per heavy atom. The first-order valence-corrected chi connectivity index (χ1v) is 9.96. The molecular formula is C17H20N4O2S. The fourth-order valence-electron chi connectivity index (χ4n) is 3.72. The molecule has 1 aliphatic rings. The van der Waals surface area contributed by atoms with Gasteiger partial charge in [0.2, 0.25) is 10.0 Å². The van der Waals surface area contributed by atoms with Crippen LogP contribution < -0.4 is 0 Å². The summed E-state index contributed by atoms with van der Waals surface area (Å²) in [7, 11) is -3.16. The molecule has 3 aromatic rings. The Labute approximate surface area is 141 Å². The summed E-state index contributed by atoms with van der Waals surface area (Å²) in [6.07, 6.45) is 6.73. The summed E-state index contributed by atoms with van der Waals surface area (Å²) in [5.41, 5.74) is 3.93. The second-order valence-corrected chi connectivity index (χ2v) is 8.58. The van der Waals surface area contributed by atoms with E-state index in [4.69, 9.17) is 0 Å². The van der Waals surface area contributed by atoms with Crippen molar-refractivity contribution in [1.82, 2.24) is 19.3 Å². The summed E-state index contributed by atoms with van der Waals surface area (Å²) < 4.78 is 25.5. The number of nitrogens with zero attached hydrogens (tertiary/aromatic N) is 3. The fourth-order valence-corrected chi connectivity index (χ4v) is 4.63. The van der Waals surface area contributed by atoms with E-state index >= 15 is 0 Å². The quantitative estimate of drug-likeness (QED) is 0.775. The third-order valence-corrected chi connectivity index (χ3v) is 6.09. The van der Waals surface area contributed by atoms with Gasteiger partial charge in [-0.3, -0.25) is 4.98 Å². The van der Waals surface area contributed by atoms with Crippen molar-refractivity contribution in [1.29, 1.82) is 0 Å². The lowest BCUT2D eigenvalue weighted by atomic mass is 9.89. The van der Waals surface area contributed by atoms with E-state index in [1.54, 1.807) is 16.7 Å². The molecule has 1 saturated heterocycles. The number of hydrogen-bond donors (Lipinski definition) is 1. The number of hydrogen-bond acceptors (Lipinski definition) is 4. The molecule has 24 heavy (non-hydrogen) atoms. The molecule has 6 nitrogen and oxygen atoms in total. The third kappa shape index (κ3) is 2.57. The van der Waals surface area contributed by atoms with Crippen molar-refractivity contribution >= 4 is 32.0 Å². The number of piperidine rings is 1. The SMILES string of the molecule is Cc1cc2c(ncc3nccc(C4CCCN(S(C)(=O)=O)C4)c32)[nH]1. The van der Waals surface area contributed by atoms with Crippen LogP contribution in [-0.2, 0) is 10.0 Å². The molecule has 1 fully saturated rings. The average Bonchev–Trinajstić information content (AvgIpc) is 2.94. The van der Waals surface area contributed by atoms with Crippen LogP contribution >= 0.6 is 0 Å². The van der Waals surface area contributed by atoms with Gasteiger partial charge in [0.25, 0.3) is 0 Å². The van der Waals surface area contributed by atoms with Crippen LogP contribution in [0.2, 0.25) is 0 Å². The molecule has 1 unspecified atom stereocenters. The molecule has 0 bridgehead atoms. The molecule has 3 aromatic heterocycles. The normalized spacial score (nSPS) is 20.0. The van der Waals surface area contributed by atoms with Gasteiger partial charge in [-0.05, 0) is 43.4 Å². The van der Waals surface area contributed by atoms with E-state index in [0.29, 0.717) is 13.1 Å². The van der Waals surface area contributed by atoms with Crippen LogP contribution in [-0.4, -0.2) is 47.0 Å². The number of rotatable bonds is 2. The summed E-state index contributed by atoms with van der Waals surface area (Å²) in [5.74, 6) is 0.180. The highest BCUT2D eigenvalue weighted by atomic mass is 32.2. The molecule has 1 N–H and O–H groups in total. The standard InChI is InChI=1S/C17H20N4O2S/c1-11-8-14-16-13(5-6-18-15(16)9-19-17(14)20-11)12-4-3-7-21(10-12)24(2,22)23/h5-6,8-9,12H,3-4,7,10H2,1-2H3,(H,19,20). The van der Waals surface area contributed by atoms with E-state index in [1.165, 1.54) is 11.8 Å². The lowest BCUT2D eigenvalue weighted by Crippen LogP contribution is -2.38. The minimum Gasteiger partial charge on any atom is -0.344 e. The van der Waals surface area contributed by atoms with E-state index in [-0.39, 0.29) is 5.92 Å². The van der Waals surface area contributed by atoms with Gasteiger partial charge in [-0.15, -0.1) is 0 Å². The highest BCUT2D eigenvalue weighted by molar-refractivity contribution is 7.88. The number of aromatic amines is 1. The number of H-pyrrole nitrogens is 1. The summed E-state index contributed by atoms with van der Waals surface area (Å²) >= 11 is 0. The zero-order valence-corrected chi connectivity index (χ0v) is 14.6. The van der Waals surface area contributed by atoms with Crippen LogP contribution in [0.25, 0.3) is 21.9 Å². The van der Waals surface area contributed by atoms with Gasteiger partial charge in [0.1, 0.15) is 5.65 Å². The molecule has 0 aromatic carbocycles. The Morgan fingerprint density at radius 3 is 2.96 bits per heavy atom. The molecule has 7 heteroatoms. The highest BCUT2D eigenvalue weighted by Crippen LogP contribution is 2.35. The topological polar surface area (TPSA) is 79.0 Å². The second-order valence-electron chi connectivity index (χ2n) is 6.59. The molecule has 4 rings (SSSR count). The van der Waals surface area contributed by atoms with Gasteiger partial charge in [-0.25, -0.2) is 17.7 Å². The summed E-state index contributed by atoms with van der Waals surface area (Å²) in [4.78, 5) is 12.2. The Kier molecular flexibility index (Phi) is 3.58. The summed E-state index contributed by atoms with van der Waals surface area (Å²) in [5, 5.41) is 2.15. The van der Waals surface area contributed by atoms with Crippen molar-refractivity contribution in [3.63, 3.8) is 0 Å². The molecular weight excluding hydrogens is 324 g/mol. The van der Waals surface area contributed by atoms with Crippen molar-refractivity contribution in [3.05, 3.63) is 35.8 Å². The van der Waals surface area contributed by atoms with Gasteiger partial charge in [0.15, 0.2) is 0 Å². The maximum Gasteiger partial charge on any atom is 0.211 e. The van der Waals surface area contributed by atoms with Gasteiger partial charge in [0, 0.05) is 35.8 Å². The first-order valence-electron chi connectivity index (χ1n) is 8.11. The maximum atomic E-state index is 11.9. The summed E-state index contributed by atoms with van der Waals surface area (Å²) in [6.45, 7) is 3.15. The van der Waals surface area contributed by atoms with E-state index in [0.717, 1.165) is 40.5 Å². The smallest absolute Gasteiger partial charge is 0.211 e. The van der Waals surface area contributed by atoms with Gasteiger partial charge < -0.3 is 4.98 Å². The van der Waals surface area contributed by atoms with Crippen molar-refractivity contribution in [3.8, 4) is 0 Å². The number of pyridine rings is 2. The molecule has 0 spiro atoms. The van der Waals surface area contributed by atoms with Gasteiger partial charge >= 0.3 is 0 Å². The van der Waals surface area contributed by atoms with Crippen molar-refractivity contribution in [2.75, 3.05) is 19.3 Å². The van der Waals surface area contributed by atoms with E-state index in [2.05, 4.69) is 21.0 Å². The monoisotopic (exact) mass is 344 g/mol.